The monoisotopic (exact) mass is 700 g/mol. The Morgan fingerprint density at radius 2 is 0.889 bits per heavy atom. The highest BCUT2D eigenvalue weighted by Gasteiger charge is 2.44. The summed E-state index contributed by atoms with van der Waals surface area (Å²) in [6, 6.07) is 42.1. The van der Waals surface area contributed by atoms with Crippen LogP contribution in [0.3, 0.4) is 0 Å². The fourth-order valence-corrected chi connectivity index (χ4v) is 8.80. The van der Waals surface area contributed by atoms with E-state index in [1.807, 2.05) is 106 Å². The third kappa shape index (κ3) is 3.96. The largest absolute Gasteiger partial charge is 0.308 e. The normalized spacial score (nSPS) is 16.7. The van der Waals surface area contributed by atoms with Crippen LogP contribution < -0.4 is 0 Å². The van der Waals surface area contributed by atoms with E-state index in [0.29, 0.717) is 45.7 Å². The summed E-state index contributed by atoms with van der Waals surface area (Å²) in [5.74, 6) is -1.74. The van der Waals surface area contributed by atoms with E-state index in [2.05, 4.69) is 24.3 Å². The first-order valence-electron chi connectivity index (χ1n) is 17.9. The maximum Gasteiger partial charge on any atom is 0.268 e. The molecule has 0 radical (unpaired) electrons. The van der Waals surface area contributed by atoms with E-state index in [1.165, 1.54) is 9.80 Å². The van der Waals surface area contributed by atoms with Crippen molar-refractivity contribution >= 4 is 67.2 Å². The number of hydrogen-bond donors (Lipinski definition) is 0. The van der Waals surface area contributed by atoms with Crippen molar-refractivity contribution in [3.05, 3.63) is 180 Å². The summed E-state index contributed by atoms with van der Waals surface area (Å²) in [6.07, 6.45) is 5.58. The molecule has 0 spiro atoms. The lowest BCUT2D eigenvalue weighted by Crippen LogP contribution is -2.41. The number of carbonyl (C=O) groups is 4. The summed E-state index contributed by atoms with van der Waals surface area (Å²) in [5, 5.41) is 4.18. The summed E-state index contributed by atoms with van der Waals surface area (Å²) in [4.78, 5) is 59.8. The van der Waals surface area contributed by atoms with Crippen molar-refractivity contribution in [3.8, 4) is 11.4 Å². The first kappa shape index (κ1) is 30.3. The van der Waals surface area contributed by atoms with Crippen LogP contribution in [0.15, 0.2) is 157 Å². The second-order valence-electron chi connectivity index (χ2n) is 13.9. The average Bonchev–Trinajstić information content (AvgIpc) is 3.89. The fourth-order valence-electron chi connectivity index (χ4n) is 8.80. The number of imide groups is 2. The Kier molecular flexibility index (Phi) is 6.23. The highest BCUT2D eigenvalue weighted by atomic mass is 16.2. The second kappa shape index (κ2) is 11.1. The topological polar surface area (TPSA) is 84.6 Å². The molecule has 0 saturated carbocycles. The predicted molar refractivity (Wildman–Crippen MR) is 208 cm³/mol. The molecular weight excluding hydrogens is 673 g/mol. The Morgan fingerprint density at radius 3 is 1.39 bits per heavy atom. The van der Waals surface area contributed by atoms with Gasteiger partial charge in [-0.15, -0.1) is 0 Å². The lowest BCUT2D eigenvalue weighted by atomic mass is 10.0. The number of rotatable bonds is 4. The number of para-hydroxylation sites is 4. The number of amides is 4. The van der Waals surface area contributed by atoms with Crippen LogP contribution in [0.1, 0.15) is 47.9 Å². The molecular formula is C46H28N4O4. The molecule has 2 aromatic heterocycles. The highest BCUT2D eigenvalue weighted by molar-refractivity contribution is 6.26. The van der Waals surface area contributed by atoms with Gasteiger partial charge in [-0.05, 0) is 67.1 Å². The van der Waals surface area contributed by atoms with Gasteiger partial charge in [-0.25, -0.2) is 4.90 Å². The van der Waals surface area contributed by atoms with E-state index in [-0.39, 0.29) is 0 Å². The zero-order valence-electron chi connectivity index (χ0n) is 28.6. The maximum absolute atomic E-state index is 14.5. The Bertz CT molecular complexity index is 2980. The molecule has 0 bridgehead atoms. The molecule has 11 rings (SSSR count). The maximum atomic E-state index is 14.5. The van der Waals surface area contributed by atoms with Gasteiger partial charge in [-0.1, -0.05) is 91.0 Å². The predicted octanol–water partition coefficient (Wildman–Crippen LogP) is 8.99. The van der Waals surface area contributed by atoms with Gasteiger partial charge in [-0.2, -0.15) is 0 Å². The minimum Gasteiger partial charge on any atom is -0.308 e. The number of aromatic nitrogens is 2. The summed E-state index contributed by atoms with van der Waals surface area (Å²) >= 11 is 0. The van der Waals surface area contributed by atoms with Crippen molar-refractivity contribution in [2.24, 2.45) is 0 Å². The molecule has 6 aromatic carbocycles. The number of carbonyl (C=O) groups excluding carboxylic acids is 4. The minimum atomic E-state index is -0.718. The summed E-state index contributed by atoms with van der Waals surface area (Å²) < 4.78 is 4.09. The lowest BCUT2D eigenvalue weighted by Gasteiger charge is -2.27. The second-order valence-corrected chi connectivity index (χ2v) is 13.9. The quantitative estimate of drug-likeness (QED) is 0.172. The Labute approximate surface area is 308 Å². The lowest BCUT2D eigenvalue weighted by molar-refractivity contribution is 0.0614. The first-order chi connectivity index (χ1) is 26.5. The average molecular weight is 701 g/mol. The SMILES string of the molecule is O=C1c2cccc(-n3c4ccccc4c4ccccc43)c2C(=O)N1C1=CC(N2C(=O)c3cccc(-n4c5ccccc5c5ccccc54)c3C2=O)CC=C1. The first-order valence-corrected chi connectivity index (χ1v) is 17.9. The molecule has 0 N–H and O–H groups in total. The van der Waals surface area contributed by atoms with Gasteiger partial charge in [0.05, 0.1) is 67.4 Å². The van der Waals surface area contributed by atoms with Gasteiger partial charge in [0.15, 0.2) is 0 Å². The molecule has 1 unspecified atom stereocenters. The van der Waals surface area contributed by atoms with Crippen LogP contribution in [0.25, 0.3) is 55.0 Å². The number of benzene rings is 6. The smallest absolute Gasteiger partial charge is 0.268 e. The molecule has 256 valence electrons. The van der Waals surface area contributed by atoms with Gasteiger partial charge in [0, 0.05) is 21.5 Å². The standard InChI is InChI=1S/C46H28N4O4/c51-43-33-18-10-24-39(49-35-20-5-1-14-29(35)30-15-2-6-21-36(30)49)41(33)45(53)47(43)27-12-9-13-28(26-27)48-44(52)34-19-11-25-40(42(34)46(48)54)50-37-22-7-3-16-31(37)32-17-4-8-23-38(32)50/h1-12,14-26,28H,13H2. The molecule has 4 heterocycles. The van der Waals surface area contributed by atoms with E-state index >= 15 is 0 Å². The molecule has 1 aliphatic carbocycles. The summed E-state index contributed by atoms with van der Waals surface area (Å²) in [7, 11) is 0. The Balaban J connectivity index is 0.988. The van der Waals surface area contributed by atoms with Gasteiger partial charge in [-0.3, -0.25) is 24.1 Å². The van der Waals surface area contributed by atoms with Crippen LogP contribution >= 0.6 is 0 Å². The van der Waals surface area contributed by atoms with Crippen LogP contribution in [-0.2, 0) is 0 Å². The van der Waals surface area contributed by atoms with Gasteiger partial charge in [0.2, 0.25) is 0 Å². The minimum absolute atomic E-state index is 0.298. The molecule has 8 heteroatoms. The third-order valence-electron chi connectivity index (χ3n) is 11.1. The van der Waals surface area contributed by atoms with Crippen molar-refractivity contribution in [1.29, 1.82) is 0 Å². The zero-order valence-corrected chi connectivity index (χ0v) is 28.6. The van der Waals surface area contributed by atoms with Crippen molar-refractivity contribution in [3.63, 3.8) is 0 Å². The molecule has 0 fully saturated rings. The molecule has 2 aliphatic heterocycles. The van der Waals surface area contributed by atoms with E-state index in [1.54, 1.807) is 30.4 Å². The van der Waals surface area contributed by atoms with Crippen molar-refractivity contribution < 1.29 is 19.2 Å². The highest BCUT2D eigenvalue weighted by Crippen LogP contribution is 2.40. The van der Waals surface area contributed by atoms with Crippen LogP contribution in [0.5, 0.6) is 0 Å². The van der Waals surface area contributed by atoms with Crippen LogP contribution in [0.4, 0.5) is 0 Å². The van der Waals surface area contributed by atoms with Crippen molar-refractivity contribution in [2.45, 2.75) is 12.5 Å². The van der Waals surface area contributed by atoms with Crippen LogP contribution in [0.2, 0.25) is 0 Å². The molecule has 8 nitrogen and oxygen atoms in total. The van der Waals surface area contributed by atoms with Gasteiger partial charge in [0.25, 0.3) is 23.6 Å². The molecule has 1 atom stereocenters. The Hall–Kier alpha value is -7.32. The van der Waals surface area contributed by atoms with Crippen LogP contribution in [0, 0.1) is 0 Å². The van der Waals surface area contributed by atoms with E-state index in [9.17, 15) is 19.2 Å². The van der Waals surface area contributed by atoms with E-state index < -0.39 is 29.7 Å². The van der Waals surface area contributed by atoms with Crippen molar-refractivity contribution in [1.82, 2.24) is 18.9 Å². The molecule has 0 saturated heterocycles. The van der Waals surface area contributed by atoms with Gasteiger partial charge in [0.1, 0.15) is 0 Å². The third-order valence-corrected chi connectivity index (χ3v) is 11.1. The number of fused-ring (bicyclic) bond motifs is 8. The van der Waals surface area contributed by atoms with E-state index in [4.69, 9.17) is 0 Å². The number of allylic oxidation sites excluding steroid dienone is 1. The molecule has 54 heavy (non-hydrogen) atoms. The molecule has 4 amide bonds. The Morgan fingerprint density at radius 1 is 0.444 bits per heavy atom. The summed E-state index contributed by atoms with van der Waals surface area (Å²) in [5.41, 5.74) is 6.52. The van der Waals surface area contributed by atoms with Crippen molar-refractivity contribution in [2.75, 3.05) is 0 Å². The van der Waals surface area contributed by atoms with Gasteiger partial charge >= 0.3 is 0 Å². The summed E-state index contributed by atoms with van der Waals surface area (Å²) in [6.45, 7) is 0. The number of hydrogen-bond acceptors (Lipinski definition) is 4. The van der Waals surface area contributed by atoms with Gasteiger partial charge < -0.3 is 9.13 Å². The zero-order chi connectivity index (χ0) is 36.2. The van der Waals surface area contributed by atoms with Crippen LogP contribution in [-0.4, -0.2) is 48.6 Å². The van der Waals surface area contributed by atoms with E-state index in [0.717, 1.165) is 43.6 Å². The molecule has 3 aliphatic rings. The number of nitrogens with zero attached hydrogens (tertiary/aromatic N) is 4. The molecule has 8 aromatic rings. The fraction of sp³-hybridized carbons (Fsp3) is 0.0435.